The molecule has 0 unspecified atom stereocenters. The Morgan fingerprint density at radius 3 is 2.53 bits per heavy atom. The smallest absolute Gasteiger partial charge is 0.346 e. The van der Waals surface area contributed by atoms with E-state index in [0.717, 1.165) is 4.90 Å². The van der Waals surface area contributed by atoms with E-state index in [-0.39, 0.29) is 12.4 Å². The third-order valence-corrected chi connectivity index (χ3v) is 2.96. The summed E-state index contributed by atoms with van der Waals surface area (Å²) in [6, 6.07) is 1.52. The van der Waals surface area contributed by atoms with Crippen molar-refractivity contribution in [1.29, 1.82) is 0 Å². The Kier molecular flexibility index (Phi) is 5.53. The van der Waals surface area contributed by atoms with Crippen molar-refractivity contribution in [1.82, 2.24) is 4.98 Å². The van der Waals surface area contributed by atoms with Gasteiger partial charge in [0.05, 0.1) is 9.50 Å². The molecule has 1 aromatic rings. The van der Waals surface area contributed by atoms with Crippen LogP contribution in [0.25, 0.3) is 0 Å². The number of nitrogens with zero attached hydrogens (tertiary/aromatic N) is 2. The van der Waals surface area contributed by atoms with Crippen LogP contribution < -0.4 is 4.90 Å². The van der Waals surface area contributed by atoms with E-state index in [9.17, 15) is 13.2 Å². The number of anilines is 1. The van der Waals surface area contributed by atoms with Crippen molar-refractivity contribution in [2.45, 2.75) is 6.18 Å². The lowest BCUT2D eigenvalue weighted by Crippen LogP contribution is -2.36. The van der Waals surface area contributed by atoms with Crippen LogP contribution in [0, 0.1) is 0 Å². The van der Waals surface area contributed by atoms with Crippen LogP contribution in [0.3, 0.4) is 0 Å². The Balaban J connectivity index is 2.97. The molecule has 0 atom stereocenters. The number of aromatic nitrogens is 1. The molecule has 0 bridgehead atoms. The third-order valence-electron chi connectivity index (χ3n) is 1.81. The van der Waals surface area contributed by atoms with Gasteiger partial charge < -0.3 is 4.90 Å². The summed E-state index contributed by atoms with van der Waals surface area (Å²) in [5.74, 6) is 0.228. The van der Waals surface area contributed by atoms with Crippen LogP contribution in [0.5, 0.6) is 0 Å². The molecule has 0 aliphatic rings. The molecular formula is C9H8Br2ClF3N2. The molecule has 0 saturated heterocycles. The number of hydrogen-bond acceptors (Lipinski definition) is 2. The molecule has 0 fully saturated rings. The maximum absolute atomic E-state index is 12.4. The van der Waals surface area contributed by atoms with Gasteiger partial charge in [-0.3, -0.25) is 0 Å². The van der Waals surface area contributed by atoms with Gasteiger partial charge in [-0.2, -0.15) is 13.2 Å². The molecular weight excluding hydrogens is 388 g/mol. The van der Waals surface area contributed by atoms with Gasteiger partial charge in [0.25, 0.3) is 0 Å². The summed E-state index contributed by atoms with van der Waals surface area (Å²) in [6.07, 6.45) is -2.96. The van der Waals surface area contributed by atoms with E-state index < -0.39 is 12.7 Å². The van der Waals surface area contributed by atoms with Crippen molar-refractivity contribution in [3.8, 4) is 0 Å². The SMILES string of the molecule is FC(F)(F)CN(CCBr)c1ncc(Cl)cc1Br. The summed E-state index contributed by atoms with van der Waals surface area (Å²) in [7, 11) is 0. The van der Waals surface area contributed by atoms with Gasteiger partial charge in [-0.15, -0.1) is 0 Å². The highest BCUT2D eigenvalue weighted by Gasteiger charge is 2.31. The van der Waals surface area contributed by atoms with Crippen molar-refractivity contribution in [3.05, 3.63) is 21.8 Å². The largest absolute Gasteiger partial charge is 0.405 e. The Bertz CT molecular complexity index is 387. The monoisotopic (exact) mass is 394 g/mol. The maximum Gasteiger partial charge on any atom is 0.405 e. The fourth-order valence-electron chi connectivity index (χ4n) is 1.22. The Labute approximate surface area is 118 Å². The van der Waals surface area contributed by atoms with E-state index in [4.69, 9.17) is 11.6 Å². The fraction of sp³-hybridized carbons (Fsp3) is 0.444. The summed E-state index contributed by atoms with van der Waals surface area (Å²) in [4.78, 5) is 5.04. The zero-order valence-electron chi connectivity index (χ0n) is 8.44. The molecule has 0 N–H and O–H groups in total. The summed E-state index contributed by atoms with van der Waals surface area (Å²) in [5.41, 5.74) is 0. The second-order valence-electron chi connectivity index (χ2n) is 3.18. The van der Waals surface area contributed by atoms with Crippen LogP contribution in [0.4, 0.5) is 19.0 Å². The van der Waals surface area contributed by atoms with E-state index in [1.54, 1.807) is 0 Å². The minimum absolute atomic E-state index is 0.201. The first-order valence-corrected chi connectivity index (χ1v) is 6.81. The normalized spacial score (nSPS) is 11.6. The standard InChI is InChI=1S/C9H8Br2ClF3N2/c10-1-2-17(5-9(13,14)15)8-7(11)3-6(12)4-16-8/h3-4H,1-2,5H2. The van der Waals surface area contributed by atoms with Gasteiger partial charge in [0.1, 0.15) is 12.4 Å². The van der Waals surface area contributed by atoms with Crippen LogP contribution in [0.1, 0.15) is 0 Å². The highest BCUT2D eigenvalue weighted by Crippen LogP contribution is 2.29. The molecule has 0 spiro atoms. The van der Waals surface area contributed by atoms with Crippen molar-refractivity contribution < 1.29 is 13.2 Å². The highest BCUT2D eigenvalue weighted by molar-refractivity contribution is 9.10. The lowest BCUT2D eigenvalue weighted by molar-refractivity contribution is -0.119. The van der Waals surface area contributed by atoms with Crippen LogP contribution >= 0.6 is 43.5 Å². The van der Waals surface area contributed by atoms with Crippen molar-refractivity contribution in [3.63, 3.8) is 0 Å². The number of alkyl halides is 4. The van der Waals surface area contributed by atoms with E-state index in [1.165, 1.54) is 12.3 Å². The molecule has 96 valence electrons. The summed E-state index contributed by atoms with van der Waals surface area (Å²) in [6.45, 7) is -0.849. The van der Waals surface area contributed by atoms with Crippen molar-refractivity contribution in [2.75, 3.05) is 23.3 Å². The summed E-state index contributed by atoms with van der Waals surface area (Å²) in [5, 5.41) is 0.784. The molecule has 0 aliphatic heterocycles. The topological polar surface area (TPSA) is 16.1 Å². The molecule has 8 heteroatoms. The number of pyridine rings is 1. The molecule has 2 nitrogen and oxygen atoms in total. The van der Waals surface area contributed by atoms with Crippen molar-refractivity contribution >= 4 is 49.3 Å². The Morgan fingerprint density at radius 1 is 1.41 bits per heavy atom. The lowest BCUT2D eigenvalue weighted by Gasteiger charge is -2.25. The molecule has 0 amide bonds. The van der Waals surface area contributed by atoms with Gasteiger partial charge in [0.15, 0.2) is 0 Å². The van der Waals surface area contributed by atoms with Crippen LogP contribution in [-0.2, 0) is 0 Å². The number of halogens is 6. The molecule has 0 saturated carbocycles. The second kappa shape index (κ2) is 6.24. The van der Waals surface area contributed by atoms with Gasteiger partial charge in [-0.05, 0) is 22.0 Å². The lowest BCUT2D eigenvalue weighted by atomic mass is 10.4. The minimum Gasteiger partial charge on any atom is -0.346 e. The van der Waals surface area contributed by atoms with E-state index in [1.807, 2.05) is 0 Å². The summed E-state index contributed by atoms with van der Waals surface area (Å²) >= 11 is 12.0. The number of rotatable bonds is 4. The van der Waals surface area contributed by atoms with Gasteiger partial charge >= 0.3 is 6.18 Å². The third kappa shape index (κ3) is 5.01. The fourth-order valence-corrected chi connectivity index (χ4v) is 2.54. The van der Waals surface area contributed by atoms with Crippen molar-refractivity contribution in [2.24, 2.45) is 0 Å². The summed E-state index contributed by atoms with van der Waals surface area (Å²) < 4.78 is 37.6. The molecule has 1 heterocycles. The zero-order valence-corrected chi connectivity index (χ0v) is 12.4. The molecule has 1 rings (SSSR count). The first-order chi connectivity index (χ1) is 7.83. The molecule has 0 radical (unpaired) electrons. The van der Waals surface area contributed by atoms with E-state index in [2.05, 4.69) is 36.8 Å². The van der Waals surface area contributed by atoms with Crippen LogP contribution in [0.2, 0.25) is 5.02 Å². The Hall–Kier alpha value is -0.0100. The van der Waals surface area contributed by atoms with Gasteiger partial charge in [0.2, 0.25) is 0 Å². The molecule has 17 heavy (non-hydrogen) atoms. The van der Waals surface area contributed by atoms with Crippen LogP contribution in [0.15, 0.2) is 16.7 Å². The molecule has 0 aromatic carbocycles. The van der Waals surface area contributed by atoms with E-state index >= 15 is 0 Å². The Morgan fingerprint density at radius 2 is 2.06 bits per heavy atom. The van der Waals surface area contributed by atoms with Gasteiger partial charge in [-0.1, -0.05) is 27.5 Å². The predicted molar refractivity (Wildman–Crippen MR) is 69.0 cm³/mol. The predicted octanol–water partition coefficient (Wildman–Crippen LogP) is 4.26. The quantitative estimate of drug-likeness (QED) is 0.707. The highest BCUT2D eigenvalue weighted by atomic mass is 79.9. The minimum atomic E-state index is -4.27. The molecule has 0 aliphatic carbocycles. The number of hydrogen-bond donors (Lipinski definition) is 0. The van der Waals surface area contributed by atoms with Crippen LogP contribution in [-0.4, -0.2) is 29.6 Å². The van der Waals surface area contributed by atoms with Gasteiger partial charge in [0, 0.05) is 18.1 Å². The van der Waals surface area contributed by atoms with Gasteiger partial charge in [-0.25, -0.2) is 4.98 Å². The maximum atomic E-state index is 12.4. The van der Waals surface area contributed by atoms with E-state index in [0.29, 0.717) is 14.8 Å². The molecule has 1 aromatic heterocycles. The first-order valence-electron chi connectivity index (χ1n) is 4.52. The second-order valence-corrected chi connectivity index (χ2v) is 5.27. The average molecular weight is 396 g/mol. The first kappa shape index (κ1) is 15.0. The average Bonchev–Trinajstić information content (AvgIpc) is 2.14. The zero-order chi connectivity index (χ0) is 13.1.